The van der Waals surface area contributed by atoms with Gasteiger partial charge in [0, 0.05) is 26.2 Å². The number of hydrogen-bond donors (Lipinski definition) is 2. The molecule has 1 saturated heterocycles. The smallest absolute Gasteiger partial charge is 0.319 e. The van der Waals surface area contributed by atoms with Gasteiger partial charge in [-0.05, 0) is 25.2 Å². The molecule has 0 radical (unpaired) electrons. The molecule has 0 spiro atoms. The minimum Gasteiger partial charge on any atom is -0.319 e. The van der Waals surface area contributed by atoms with Gasteiger partial charge in [-0.15, -0.1) is 0 Å². The fraction of sp³-hybridized carbons (Fsp3) is 0.429. The van der Waals surface area contributed by atoms with Crippen molar-refractivity contribution in [1.82, 2.24) is 15.3 Å². The van der Waals surface area contributed by atoms with E-state index < -0.39 is 17.6 Å². The Morgan fingerprint density at radius 1 is 1.25 bits per heavy atom. The fourth-order valence-electron chi connectivity index (χ4n) is 2.08. The summed E-state index contributed by atoms with van der Waals surface area (Å²) in [5.41, 5.74) is 2.00. The zero-order valence-electron chi connectivity index (χ0n) is 12.8. The van der Waals surface area contributed by atoms with Crippen molar-refractivity contribution in [2.45, 2.75) is 6.18 Å². The number of carbonyl (C=O) groups is 1. The van der Waals surface area contributed by atoms with E-state index in [2.05, 4.69) is 15.6 Å². The average Bonchev–Trinajstić information content (AvgIpc) is 2.50. The Morgan fingerprint density at radius 2 is 1.88 bits per heavy atom. The van der Waals surface area contributed by atoms with E-state index >= 15 is 0 Å². The van der Waals surface area contributed by atoms with Gasteiger partial charge in [-0.2, -0.15) is 13.2 Å². The van der Waals surface area contributed by atoms with Crippen molar-refractivity contribution in [2.24, 2.45) is 0 Å². The van der Waals surface area contributed by atoms with Crippen molar-refractivity contribution in [1.29, 1.82) is 0 Å². The van der Waals surface area contributed by atoms with E-state index in [0.29, 0.717) is 13.1 Å². The maximum absolute atomic E-state index is 12.6. The van der Waals surface area contributed by atoms with E-state index in [1.165, 1.54) is 0 Å². The molecule has 132 valence electrons. The predicted molar refractivity (Wildman–Crippen MR) is 89.9 cm³/mol. The third-order valence-corrected chi connectivity index (χ3v) is 4.10. The first-order valence-electron chi connectivity index (χ1n) is 7.09. The standard InChI is InChI=1S/C14H16ClF3N4OS/c1-21-4-6-22(7-5-21)20-13(24)12(23)19-11-3-2-9(8-10(11)15)14(16,17)18/h2-3,8H,4-7H2,1H3,(H,19,23)(H,20,24). The molecule has 1 amide bonds. The van der Waals surface area contributed by atoms with Gasteiger partial charge in [0.25, 0.3) is 5.91 Å². The summed E-state index contributed by atoms with van der Waals surface area (Å²) in [5.74, 6) is -0.634. The quantitative estimate of drug-likeness (QED) is 0.771. The van der Waals surface area contributed by atoms with E-state index in [1.54, 1.807) is 0 Å². The van der Waals surface area contributed by atoms with Crippen molar-refractivity contribution >= 4 is 40.4 Å². The second-order valence-corrected chi connectivity index (χ2v) is 6.19. The Labute approximate surface area is 147 Å². The van der Waals surface area contributed by atoms with Crippen LogP contribution in [-0.4, -0.2) is 54.0 Å². The van der Waals surface area contributed by atoms with Crippen LogP contribution < -0.4 is 10.7 Å². The van der Waals surface area contributed by atoms with Crippen LogP contribution in [0.1, 0.15) is 5.56 Å². The normalized spacial score (nSPS) is 16.7. The first-order valence-corrected chi connectivity index (χ1v) is 7.87. The molecular formula is C14H16ClF3N4OS. The second-order valence-electron chi connectivity index (χ2n) is 5.38. The van der Waals surface area contributed by atoms with Gasteiger partial charge in [0.2, 0.25) is 0 Å². The Hall–Kier alpha value is -1.42. The van der Waals surface area contributed by atoms with Crippen LogP contribution in [0, 0.1) is 0 Å². The maximum atomic E-state index is 12.6. The summed E-state index contributed by atoms with van der Waals surface area (Å²) >= 11 is 10.8. The molecule has 0 aliphatic carbocycles. The Bertz CT molecular complexity index is 633. The van der Waals surface area contributed by atoms with Gasteiger partial charge in [-0.3, -0.25) is 4.79 Å². The van der Waals surface area contributed by atoms with Crippen molar-refractivity contribution in [2.75, 3.05) is 38.5 Å². The zero-order chi connectivity index (χ0) is 17.9. The summed E-state index contributed by atoms with van der Waals surface area (Å²) in [4.78, 5) is 14.1. The highest BCUT2D eigenvalue weighted by molar-refractivity contribution is 7.82. The van der Waals surface area contributed by atoms with Crippen LogP contribution in [0.3, 0.4) is 0 Å². The number of hydrazine groups is 1. The number of thiocarbonyl (C=S) groups is 1. The van der Waals surface area contributed by atoms with Crippen LogP contribution in [0.4, 0.5) is 18.9 Å². The average molecular weight is 381 g/mol. The number of rotatable bonds is 2. The minimum atomic E-state index is -4.50. The second kappa shape index (κ2) is 7.64. The van der Waals surface area contributed by atoms with Gasteiger partial charge in [0.15, 0.2) is 4.99 Å². The molecule has 1 fully saturated rings. The monoisotopic (exact) mass is 380 g/mol. The molecule has 1 heterocycles. The Morgan fingerprint density at radius 3 is 2.42 bits per heavy atom. The van der Waals surface area contributed by atoms with Crippen LogP contribution in [-0.2, 0) is 11.0 Å². The molecule has 1 aromatic carbocycles. The highest BCUT2D eigenvalue weighted by Crippen LogP contribution is 2.33. The van der Waals surface area contributed by atoms with E-state index in [-0.39, 0.29) is 15.7 Å². The summed E-state index contributed by atoms with van der Waals surface area (Å²) in [6.45, 7) is 3.07. The number of carbonyl (C=O) groups excluding carboxylic acids is 1. The number of anilines is 1. The molecule has 0 atom stereocenters. The third kappa shape index (κ3) is 5.04. The van der Waals surface area contributed by atoms with Gasteiger partial charge in [-0.25, -0.2) is 5.01 Å². The number of alkyl halides is 3. The molecule has 1 aliphatic heterocycles. The van der Waals surface area contributed by atoms with Gasteiger partial charge < -0.3 is 15.6 Å². The topological polar surface area (TPSA) is 47.6 Å². The van der Waals surface area contributed by atoms with E-state index in [1.807, 2.05) is 12.1 Å². The van der Waals surface area contributed by atoms with E-state index in [9.17, 15) is 18.0 Å². The van der Waals surface area contributed by atoms with Gasteiger partial charge >= 0.3 is 6.18 Å². The molecule has 5 nitrogen and oxygen atoms in total. The van der Waals surface area contributed by atoms with Crippen LogP contribution in [0.5, 0.6) is 0 Å². The van der Waals surface area contributed by atoms with Crippen molar-refractivity contribution < 1.29 is 18.0 Å². The lowest BCUT2D eigenvalue weighted by Crippen LogP contribution is -2.54. The summed E-state index contributed by atoms with van der Waals surface area (Å²) in [6, 6.07) is 2.70. The lowest BCUT2D eigenvalue weighted by Gasteiger charge is -2.32. The minimum absolute atomic E-state index is 0.0668. The molecule has 0 saturated carbocycles. The SMILES string of the molecule is CN1CCN(NC(=S)C(=O)Nc2ccc(C(F)(F)F)cc2Cl)CC1. The number of nitrogens with one attached hydrogen (secondary N) is 2. The highest BCUT2D eigenvalue weighted by Gasteiger charge is 2.31. The number of benzene rings is 1. The summed E-state index contributed by atoms with van der Waals surface area (Å²) in [6.07, 6.45) is -4.50. The van der Waals surface area contributed by atoms with Crippen LogP contribution >= 0.6 is 23.8 Å². The molecule has 10 heteroatoms. The maximum Gasteiger partial charge on any atom is 0.416 e. The zero-order valence-corrected chi connectivity index (χ0v) is 14.4. The molecule has 2 N–H and O–H groups in total. The first kappa shape index (κ1) is 18.9. The highest BCUT2D eigenvalue weighted by atomic mass is 35.5. The van der Waals surface area contributed by atoms with Crippen molar-refractivity contribution in [3.8, 4) is 0 Å². The lowest BCUT2D eigenvalue weighted by molar-refractivity contribution is -0.137. The van der Waals surface area contributed by atoms with Crippen LogP contribution in [0.15, 0.2) is 18.2 Å². The number of hydrogen-bond acceptors (Lipinski definition) is 4. The predicted octanol–water partition coefficient (Wildman–Crippen LogP) is 2.38. The van der Waals surface area contributed by atoms with Crippen molar-refractivity contribution in [3.05, 3.63) is 28.8 Å². The number of halogens is 4. The molecule has 1 aliphatic rings. The molecule has 0 unspecified atom stereocenters. The number of piperazine rings is 1. The summed E-state index contributed by atoms with van der Waals surface area (Å²) in [5, 5.41) is 4.02. The molecule has 24 heavy (non-hydrogen) atoms. The number of likely N-dealkylation sites (N-methyl/N-ethyl adjacent to an activating group) is 1. The van der Waals surface area contributed by atoms with Gasteiger partial charge in [0.05, 0.1) is 16.3 Å². The first-order chi connectivity index (χ1) is 11.2. The van der Waals surface area contributed by atoms with Gasteiger partial charge in [-0.1, -0.05) is 23.8 Å². The Kier molecular flexibility index (Phi) is 6.02. The molecule has 0 aromatic heterocycles. The number of amides is 1. The molecule has 0 bridgehead atoms. The lowest BCUT2D eigenvalue weighted by atomic mass is 10.2. The van der Waals surface area contributed by atoms with E-state index in [4.69, 9.17) is 23.8 Å². The molecule has 1 aromatic rings. The number of nitrogens with zero attached hydrogens (tertiary/aromatic N) is 2. The molecular weight excluding hydrogens is 365 g/mol. The summed E-state index contributed by atoms with van der Waals surface area (Å²) in [7, 11) is 2.00. The van der Waals surface area contributed by atoms with Crippen molar-refractivity contribution in [3.63, 3.8) is 0 Å². The molecule has 2 rings (SSSR count). The summed E-state index contributed by atoms with van der Waals surface area (Å²) < 4.78 is 37.8. The Balaban J connectivity index is 1.95. The fourth-order valence-corrected chi connectivity index (χ4v) is 2.49. The van der Waals surface area contributed by atoms with Crippen LogP contribution in [0.2, 0.25) is 5.02 Å². The largest absolute Gasteiger partial charge is 0.416 e. The van der Waals surface area contributed by atoms with E-state index in [0.717, 1.165) is 31.3 Å². The van der Waals surface area contributed by atoms with Crippen LogP contribution in [0.25, 0.3) is 0 Å². The van der Waals surface area contributed by atoms with Gasteiger partial charge in [0.1, 0.15) is 0 Å². The third-order valence-electron chi connectivity index (χ3n) is 3.51.